The van der Waals surface area contributed by atoms with Gasteiger partial charge in [-0.15, -0.1) is 0 Å². The molecule has 1 aromatic heterocycles. The molecule has 11 nitrogen and oxygen atoms in total. The van der Waals surface area contributed by atoms with E-state index in [1.165, 1.54) is 19.4 Å². The molecule has 0 saturated carbocycles. The fourth-order valence-electron chi connectivity index (χ4n) is 2.96. The second-order valence-electron chi connectivity index (χ2n) is 8.51. The average Bonchev–Trinajstić information content (AvgIpc) is 3.23. The second-order valence-corrected chi connectivity index (χ2v) is 8.51. The molecular weight excluding hydrogens is 416 g/mol. The molecule has 1 heterocycles. The summed E-state index contributed by atoms with van der Waals surface area (Å²) in [6.45, 7) is 8.86. The number of nitrogens with zero attached hydrogens (tertiary/aromatic N) is 1. The van der Waals surface area contributed by atoms with Crippen LogP contribution in [0.1, 0.15) is 53.2 Å². The lowest BCUT2D eigenvalue weighted by atomic mass is 9.98. The molecule has 5 unspecified atom stereocenters. The zero-order chi connectivity index (χ0) is 24.4. The number of aliphatic carboxylic acids is 1. The van der Waals surface area contributed by atoms with Gasteiger partial charge in [0.1, 0.15) is 18.1 Å². The van der Waals surface area contributed by atoms with Crippen molar-refractivity contribution in [1.29, 1.82) is 0 Å². The number of H-pyrrole nitrogens is 1. The third-order valence-electron chi connectivity index (χ3n) is 5.24. The van der Waals surface area contributed by atoms with Gasteiger partial charge >= 0.3 is 5.97 Å². The zero-order valence-corrected chi connectivity index (χ0v) is 19.3. The molecule has 11 heteroatoms. The maximum Gasteiger partial charge on any atom is 0.325 e. The molecule has 5 atom stereocenters. The van der Waals surface area contributed by atoms with Crippen molar-refractivity contribution in [1.82, 2.24) is 25.9 Å². The first kappa shape index (κ1) is 27.1. The summed E-state index contributed by atoms with van der Waals surface area (Å²) in [7, 11) is 0. The van der Waals surface area contributed by atoms with E-state index in [2.05, 4.69) is 25.9 Å². The number of carbonyl (C=O) groups is 4. The van der Waals surface area contributed by atoms with Crippen molar-refractivity contribution in [2.24, 2.45) is 17.6 Å². The molecule has 0 radical (unpaired) electrons. The minimum Gasteiger partial charge on any atom is -0.480 e. The Morgan fingerprint density at radius 2 is 1.62 bits per heavy atom. The number of carboxylic acid groups (broad SMARTS) is 1. The molecule has 0 aliphatic heterocycles. The topological polar surface area (TPSA) is 179 Å². The third kappa shape index (κ3) is 8.66. The molecule has 0 aromatic carbocycles. The zero-order valence-electron chi connectivity index (χ0n) is 19.3. The van der Waals surface area contributed by atoms with Gasteiger partial charge in [0.05, 0.1) is 12.4 Å². The van der Waals surface area contributed by atoms with Crippen LogP contribution in [0.2, 0.25) is 0 Å². The Hall–Kier alpha value is -2.95. The Balaban J connectivity index is 3.01. The van der Waals surface area contributed by atoms with Crippen LogP contribution in [-0.4, -0.2) is 62.9 Å². The van der Waals surface area contributed by atoms with Crippen LogP contribution in [0.15, 0.2) is 12.5 Å². The second kappa shape index (κ2) is 12.8. The van der Waals surface area contributed by atoms with Crippen LogP contribution in [0, 0.1) is 11.8 Å². The van der Waals surface area contributed by atoms with Crippen molar-refractivity contribution < 1.29 is 24.3 Å². The molecule has 1 aromatic rings. The number of nitrogens with two attached hydrogens (primary N) is 1. The van der Waals surface area contributed by atoms with Gasteiger partial charge in [-0.2, -0.15) is 0 Å². The number of amides is 3. The predicted octanol–water partition coefficient (Wildman–Crippen LogP) is -0.0694. The van der Waals surface area contributed by atoms with E-state index in [1.54, 1.807) is 0 Å². The maximum atomic E-state index is 13.1. The average molecular weight is 453 g/mol. The fraction of sp³-hybridized carbons (Fsp3) is 0.667. The van der Waals surface area contributed by atoms with Crippen molar-refractivity contribution in [3.05, 3.63) is 18.2 Å². The van der Waals surface area contributed by atoms with E-state index in [9.17, 15) is 19.2 Å². The number of hydrogen-bond acceptors (Lipinski definition) is 6. The van der Waals surface area contributed by atoms with Crippen molar-refractivity contribution in [2.45, 2.75) is 78.0 Å². The number of aromatic nitrogens is 2. The van der Waals surface area contributed by atoms with E-state index in [-0.39, 0.29) is 18.3 Å². The molecule has 0 fully saturated rings. The molecular formula is C21H36N6O5. The van der Waals surface area contributed by atoms with E-state index in [0.717, 1.165) is 0 Å². The SMILES string of the molecule is CCC(C)C(N)C(=O)NC(Cc1cnc[nH]1)C(=O)NC(CC(C)C)C(=O)NC(C)C(=O)O. The lowest BCUT2D eigenvalue weighted by Gasteiger charge is -2.26. The minimum atomic E-state index is -1.18. The number of nitrogens with one attached hydrogen (secondary N) is 4. The predicted molar refractivity (Wildman–Crippen MR) is 118 cm³/mol. The Morgan fingerprint density at radius 3 is 2.12 bits per heavy atom. The Kier molecular flexibility index (Phi) is 10.8. The van der Waals surface area contributed by atoms with Gasteiger partial charge in [-0.3, -0.25) is 19.2 Å². The van der Waals surface area contributed by atoms with E-state index in [0.29, 0.717) is 18.5 Å². The van der Waals surface area contributed by atoms with Crippen LogP contribution in [0.25, 0.3) is 0 Å². The number of rotatable bonds is 13. The quantitative estimate of drug-likeness (QED) is 0.242. The third-order valence-corrected chi connectivity index (χ3v) is 5.24. The Bertz CT molecular complexity index is 767. The van der Waals surface area contributed by atoms with E-state index in [1.807, 2.05) is 27.7 Å². The van der Waals surface area contributed by atoms with Gasteiger partial charge in [-0.1, -0.05) is 34.1 Å². The highest BCUT2D eigenvalue weighted by molar-refractivity contribution is 5.94. The molecule has 0 spiro atoms. The van der Waals surface area contributed by atoms with Gasteiger partial charge in [0.2, 0.25) is 17.7 Å². The monoisotopic (exact) mass is 452 g/mol. The number of aromatic amines is 1. The Morgan fingerprint density at radius 1 is 1.03 bits per heavy atom. The lowest BCUT2D eigenvalue weighted by molar-refractivity contribution is -0.142. The number of hydrogen-bond donors (Lipinski definition) is 6. The minimum absolute atomic E-state index is 0.0469. The van der Waals surface area contributed by atoms with Crippen molar-refractivity contribution in [2.75, 3.05) is 0 Å². The van der Waals surface area contributed by atoms with Gasteiger partial charge in [0.25, 0.3) is 0 Å². The molecule has 1 rings (SSSR count). The van der Waals surface area contributed by atoms with Crippen molar-refractivity contribution in [3.8, 4) is 0 Å². The molecule has 3 amide bonds. The highest BCUT2D eigenvalue weighted by atomic mass is 16.4. The van der Waals surface area contributed by atoms with Gasteiger partial charge in [-0.25, -0.2) is 4.98 Å². The standard InChI is InChI=1S/C21H36N6O5/c1-6-12(4)17(22)20(30)27-16(8-14-9-23-10-24-14)19(29)26-15(7-11(2)3)18(28)25-13(5)21(31)32/h9-13,15-17H,6-8,22H2,1-5H3,(H,23,24)(H,25,28)(H,26,29)(H,27,30)(H,31,32). The Labute approximate surface area is 188 Å². The van der Waals surface area contributed by atoms with Gasteiger partial charge < -0.3 is 31.8 Å². The maximum absolute atomic E-state index is 13.1. The molecule has 0 aliphatic carbocycles. The van der Waals surface area contributed by atoms with Gasteiger partial charge in [-0.05, 0) is 25.2 Å². The summed E-state index contributed by atoms with van der Waals surface area (Å²) in [6.07, 6.45) is 4.10. The van der Waals surface area contributed by atoms with Crippen molar-refractivity contribution >= 4 is 23.7 Å². The summed E-state index contributed by atoms with van der Waals surface area (Å²) in [4.78, 5) is 56.2. The summed E-state index contributed by atoms with van der Waals surface area (Å²) < 4.78 is 0. The van der Waals surface area contributed by atoms with Crippen LogP contribution in [0.4, 0.5) is 0 Å². The summed E-state index contributed by atoms with van der Waals surface area (Å²) in [5.74, 6) is -2.87. The highest BCUT2D eigenvalue weighted by Crippen LogP contribution is 2.09. The van der Waals surface area contributed by atoms with Crippen LogP contribution < -0.4 is 21.7 Å². The van der Waals surface area contributed by atoms with Gasteiger partial charge in [0.15, 0.2) is 0 Å². The van der Waals surface area contributed by atoms with Crippen LogP contribution >= 0.6 is 0 Å². The first-order chi connectivity index (χ1) is 15.0. The van der Waals surface area contributed by atoms with Gasteiger partial charge in [0, 0.05) is 18.3 Å². The molecule has 7 N–H and O–H groups in total. The fourth-order valence-corrected chi connectivity index (χ4v) is 2.96. The largest absolute Gasteiger partial charge is 0.480 e. The first-order valence-corrected chi connectivity index (χ1v) is 10.8. The smallest absolute Gasteiger partial charge is 0.325 e. The normalized spacial score (nSPS) is 15.8. The molecule has 0 bridgehead atoms. The van der Waals surface area contributed by atoms with Crippen molar-refractivity contribution in [3.63, 3.8) is 0 Å². The van der Waals surface area contributed by atoms with E-state index >= 15 is 0 Å². The summed E-state index contributed by atoms with van der Waals surface area (Å²) in [5.41, 5.74) is 6.63. The summed E-state index contributed by atoms with van der Waals surface area (Å²) in [6, 6.07) is -3.86. The molecule has 0 aliphatic rings. The number of imidazole rings is 1. The van der Waals surface area contributed by atoms with Crippen LogP contribution in [0.5, 0.6) is 0 Å². The van der Waals surface area contributed by atoms with E-state index < -0.39 is 47.9 Å². The highest BCUT2D eigenvalue weighted by Gasteiger charge is 2.31. The molecule has 180 valence electrons. The number of carboxylic acids is 1. The molecule has 32 heavy (non-hydrogen) atoms. The summed E-state index contributed by atoms with van der Waals surface area (Å²) in [5, 5.41) is 16.8. The summed E-state index contributed by atoms with van der Waals surface area (Å²) >= 11 is 0. The number of carbonyl (C=O) groups excluding carboxylic acids is 3. The van der Waals surface area contributed by atoms with E-state index in [4.69, 9.17) is 10.8 Å². The first-order valence-electron chi connectivity index (χ1n) is 10.8. The lowest BCUT2D eigenvalue weighted by Crippen LogP contribution is -2.58. The van der Waals surface area contributed by atoms with Crippen LogP contribution in [-0.2, 0) is 25.6 Å². The molecule has 0 saturated heterocycles. The van der Waals surface area contributed by atoms with Crippen LogP contribution in [0.3, 0.4) is 0 Å².